The highest BCUT2D eigenvalue weighted by Crippen LogP contribution is 2.44. The van der Waals surface area contributed by atoms with Crippen molar-refractivity contribution in [1.82, 2.24) is 15.1 Å². The van der Waals surface area contributed by atoms with Crippen molar-refractivity contribution in [3.63, 3.8) is 0 Å². The molecule has 0 aromatic carbocycles. The van der Waals surface area contributed by atoms with Crippen LogP contribution in [-0.4, -0.2) is 60.2 Å². The van der Waals surface area contributed by atoms with Gasteiger partial charge in [0, 0.05) is 44.1 Å². The SMILES string of the molecule is C[C@H]1S[C@H](c2cccs2)N(CCN2CCNCC2)C1=O. The minimum atomic E-state index is 0.0881. The monoisotopic (exact) mass is 311 g/mol. The summed E-state index contributed by atoms with van der Waals surface area (Å²) in [5.74, 6) is 0.295. The van der Waals surface area contributed by atoms with Crippen LogP contribution in [0.25, 0.3) is 0 Å². The molecule has 0 aliphatic carbocycles. The van der Waals surface area contributed by atoms with Crippen molar-refractivity contribution in [2.24, 2.45) is 0 Å². The van der Waals surface area contributed by atoms with Gasteiger partial charge in [0.05, 0.1) is 5.25 Å². The molecule has 3 heterocycles. The van der Waals surface area contributed by atoms with Crippen LogP contribution in [0.15, 0.2) is 17.5 Å². The van der Waals surface area contributed by atoms with Gasteiger partial charge in [0.25, 0.3) is 0 Å². The van der Waals surface area contributed by atoms with E-state index in [0.29, 0.717) is 5.91 Å². The Morgan fingerprint density at radius 1 is 1.35 bits per heavy atom. The smallest absolute Gasteiger partial charge is 0.236 e. The van der Waals surface area contributed by atoms with E-state index in [2.05, 4.69) is 32.6 Å². The summed E-state index contributed by atoms with van der Waals surface area (Å²) in [6.07, 6.45) is 0. The maximum absolute atomic E-state index is 12.4. The Hall–Kier alpha value is -0.560. The zero-order chi connectivity index (χ0) is 13.9. The Labute approximate surface area is 128 Å². The minimum absolute atomic E-state index is 0.0881. The van der Waals surface area contributed by atoms with Gasteiger partial charge in [0.15, 0.2) is 0 Å². The number of amides is 1. The molecule has 2 fully saturated rings. The quantitative estimate of drug-likeness (QED) is 0.916. The van der Waals surface area contributed by atoms with Gasteiger partial charge in [-0.25, -0.2) is 0 Å². The lowest BCUT2D eigenvalue weighted by Crippen LogP contribution is -2.46. The van der Waals surface area contributed by atoms with Gasteiger partial charge in [-0.3, -0.25) is 9.69 Å². The van der Waals surface area contributed by atoms with E-state index in [0.717, 1.165) is 39.3 Å². The van der Waals surface area contributed by atoms with E-state index in [1.54, 1.807) is 23.1 Å². The van der Waals surface area contributed by atoms with Gasteiger partial charge in [-0.05, 0) is 18.4 Å². The third-order valence-electron chi connectivity index (χ3n) is 3.90. The number of hydrogen-bond acceptors (Lipinski definition) is 5. The Bertz CT molecular complexity index is 445. The molecular formula is C14H21N3OS2. The van der Waals surface area contributed by atoms with E-state index in [1.165, 1.54) is 4.88 Å². The fourth-order valence-corrected chi connectivity index (χ4v) is 4.99. The second-order valence-corrected chi connectivity index (χ2v) is 7.67. The molecular weight excluding hydrogens is 290 g/mol. The van der Waals surface area contributed by atoms with Gasteiger partial charge in [0.2, 0.25) is 5.91 Å². The molecule has 2 saturated heterocycles. The molecule has 1 amide bonds. The second kappa shape index (κ2) is 6.47. The lowest BCUT2D eigenvalue weighted by Gasteiger charge is -2.30. The van der Waals surface area contributed by atoms with Crippen molar-refractivity contribution in [2.75, 3.05) is 39.3 Å². The summed E-state index contributed by atoms with van der Waals surface area (Å²) >= 11 is 3.53. The molecule has 20 heavy (non-hydrogen) atoms. The molecule has 2 aliphatic heterocycles. The molecule has 6 heteroatoms. The first kappa shape index (κ1) is 14.4. The van der Waals surface area contributed by atoms with Crippen LogP contribution in [0.3, 0.4) is 0 Å². The fourth-order valence-electron chi connectivity index (χ4n) is 2.74. The van der Waals surface area contributed by atoms with Gasteiger partial charge in [-0.15, -0.1) is 23.1 Å². The van der Waals surface area contributed by atoms with Gasteiger partial charge >= 0.3 is 0 Å². The number of nitrogens with one attached hydrogen (secondary N) is 1. The molecule has 2 atom stereocenters. The predicted octanol–water partition coefficient (Wildman–Crippen LogP) is 1.62. The Kier molecular flexibility index (Phi) is 4.65. The summed E-state index contributed by atoms with van der Waals surface area (Å²) in [7, 11) is 0. The van der Waals surface area contributed by atoms with Crippen molar-refractivity contribution < 1.29 is 4.79 Å². The van der Waals surface area contributed by atoms with E-state index < -0.39 is 0 Å². The Morgan fingerprint density at radius 3 is 2.85 bits per heavy atom. The highest BCUT2D eigenvalue weighted by atomic mass is 32.2. The highest BCUT2D eigenvalue weighted by molar-refractivity contribution is 8.01. The maximum Gasteiger partial charge on any atom is 0.236 e. The maximum atomic E-state index is 12.4. The van der Waals surface area contributed by atoms with Gasteiger partial charge in [-0.2, -0.15) is 0 Å². The number of rotatable bonds is 4. The van der Waals surface area contributed by atoms with E-state index in [1.807, 2.05) is 6.92 Å². The highest BCUT2D eigenvalue weighted by Gasteiger charge is 2.38. The van der Waals surface area contributed by atoms with Crippen molar-refractivity contribution >= 4 is 29.0 Å². The molecule has 110 valence electrons. The van der Waals surface area contributed by atoms with Crippen LogP contribution in [0.4, 0.5) is 0 Å². The zero-order valence-electron chi connectivity index (χ0n) is 11.7. The van der Waals surface area contributed by atoms with Crippen molar-refractivity contribution in [3.8, 4) is 0 Å². The van der Waals surface area contributed by atoms with Gasteiger partial charge < -0.3 is 10.2 Å². The van der Waals surface area contributed by atoms with Gasteiger partial charge in [-0.1, -0.05) is 6.07 Å². The van der Waals surface area contributed by atoms with Crippen LogP contribution in [-0.2, 0) is 4.79 Å². The molecule has 0 spiro atoms. The summed E-state index contributed by atoms with van der Waals surface area (Å²) in [5.41, 5.74) is 0. The second-order valence-electron chi connectivity index (χ2n) is 5.27. The predicted molar refractivity (Wildman–Crippen MR) is 85.1 cm³/mol. The van der Waals surface area contributed by atoms with E-state index in [4.69, 9.17) is 0 Å². The third kappa shape index (κ3) is 3.03. The van der Waals surface area contributed by atoms with Crippen LogP contribution in [0.2, 0.25) is 0 Å². The number of nitrogens with zero attached hydrogens (tertiary/aromatic N) is 2. The average molecular weight is 311 g/mol. The molecule has 1 N–H and O–H groups in total. The summed E-state index contributed by atoms with van der Waals surface area (Å²) in [6, 6.07) is 4.22. The molecule has 3 rings (SSSR count). The lowest BCUT2D eigenvalue weighted by molar-refractivity contribution is -0.130. The Balaban J connectivity index is 1.63. The van der Waals surface area contributed by atoms with E-state index in [9.17, 15) is 4.79 Å². The number of carbonyl (C=O) groups excluding carboxylic acids is 1. The van der Waals surface area contributed by atoms with E-state index in [-0.39, 0.29) is 10.6 Å². The van der Waals surface area contributed by atoms with Crippen LogP contribution in [0.1, 0.15) is 17.2 Å². The molecule has 1 aromatic rings. The molecule has 0 radical (unpaired) electrons. The van der Waals surface area contributed by atoms with Crippen LogP contribution < -0.4 is 5.32 Å². The molecule has 1 aromatic heterocycles. The summed E-state index contributed by atoms with van der Waals surface area (Å²) in [4.78, 5) is 18.2. The Morgan fingerprint density at radius 2 is 2.15 bits per heavy atom. The number of piperazine rings is 1. The van der Waals surface area contributed by atoms with Crippen molar-refractivity contribution in [1.29, 1.82) is 0 Å². The van der Waals surface area contributed by atoms with Gasteiger partial charge in [0.1, 0.15) is 5.37 Å². The van der Waals surface area contributed by atoms with E-state index >= 15 is 0 Å². The topological polar surface area (TPSA) is 35.6 Å². The third-order valence-corrected chi connectivity index (χ3v) is 6.35. The molecule has 4 nitrogen and oxygen atoms in total. The van der Waals surface area contributed by atoms with Crippen molar-refractivity contribution in [2.45, 2.75) is 17.5 Å². The molecule has 0 unspecified atom stereocenters. The van der Waals surface area contributed by atoms with Crippen LogP contribution in [0, 0.1) is 0 Å². The zero-order valence-corrected chi connectivity index (χ0v) is 13.4. The number of thiophene rings is 1. The fraction of sp³-hybridized carbons (Fsp3) is 0.643. The molecule has 0 bridgehead atoms. The van der Waals surface area contributed by atoms with Crippen LogP contribution in [0.5, 0.6) is 0 Å². The first-order chi connectivity index (χ1) is 9.75. The largest absolute Gasteiger partial charge is 0.323 e. The molecule has 2 aliphatic rings. The molecule has 0 saturated carbocycles. The van der Waals surface area contributed by atoms with Crippen molar-refractivity contribution in [3.05, 3.63) is 22.4 Å². The summed E-state index contributed by atoms with van der Waals surface area (Å²) < 4.78 is 0. The minimum Gasteiger partial charge on any atom is -0.323 e. The lowest BCUT2D eigenvalue weighted by atomic mass is 10.3. The first-order valence-electron chi connectivity index (χ1n) is 7.18. The summed E-state index contributed by atoms with van der Waals surface area (Å²) in [6.45, 7) is 8.17. The summed E-state index contributed by atoms with van der Waals surface area (Å²) in [5, 5.41) is 5.77. The standard InChI is InChI=1S/C14H21N3OS2/c1-11-13(18)17(9-8-16-6-4-15-5-7-16)14(20-11)12-3-2-10-19-12/h2-3,10-11,14-15H,4-9H2,1H3/t11-,14-/m1/s1. The number of thioether (sulfide) groups is 1. The number of hydrogen-bond donors (Lipinski definition) is 1. The average Bonchev–Trinajstić information content (AvgIpc) is 3.08. The normalized spacial score (nSPS) is 28.2. The first-order valence-corrected chi connectivity index (χ1v) is 9.00. The van der Waals surface area contributed by atoms with Crippen LogP contribution >= 0.6 is 23.1 Å². The number of carbonyl (C=O) groups is 1.